The van der Waals surface area contributed by atoms with E-state index in [0.29, 0.717) is 19.7 Å². The molecule has 0 aliphatic carbocycles. The lowest BCUT2D eigenvalue weighted by Gasteiger charge is -2.32. The van der Waals surface area contributed by atoms with Crippen molar-refractivity contribution in [2.24, 2.45) is 0 Å². The van der Waals surface area contributed by atoms with Crippen molar-refractivity contribution < 1.29 is 22.7 Å². The van der Waals surface area contributed by atoms with Crippen LogP contribution >= 0.6 is 0 Å². The summed E-state index contributed by atoms with van der Waals surface area (Å²) in [5.74, 6) is 0. The van der Waals surface area contributed by atoms with Crippen LogP contribution in [0.5, 0.6) is 0 Å². The molecule has 2 amide bonds. The maximum absolute atomic E-state index is 12.9. The lowest BCUT2D eigenvalue weighted by Crippen LogP contribution is -2.47. The molecular weight excluding hydrogens is 285 g/mol. The van der Waals surface area contributed by atoms with E-state index in [4.69, 9.17) is 4.74 Å². The van der Waals surface area contributed by atoms with Crippen molar-refractivity contribution >= 4 is 11.7 Å². The van der Waals surface area contributed by atoms with Crippen LogP contribution in [0.15, 0.2) is 24.3 Å². The molecular formula is C14H17F3N2O2. The van der Waals surface area contributed by atoms with E-state index >= 15 is 0 Å². The Labute approximate surface area is 120 Å². The van der Waals surface area contributed by atoms with E-state index in [-0.39, 0.29) is 11.8 Å². The van der Waals surface area contributed by atoms with Gasteiger partial charge in [-0.2, -0.15) is 13.2 Å². The summed E-state index contributed by atoms with van der Waals surface area (Å²) in [4.78, 5) is 13.6. The molecule has 21 heavy (non-hydrogen) atoms. The van der Waals surface area contributed by atoms with Gasteiger partial charge in [-0.3, -0.25) is 0 Å². The van der Waals surface area contributed by atoms with Crippen molar-refractivity contribution in [3.8, 4) is 0 Å². The fourth-order valence-electron chi connectivity index (χ4n) is 2.18. The molecule has 1 aromatic rings. The number of para-hydroxylation sites is 1. The van der Waals surface area contributed by atoms with Crippen LogP contribution in [-0.4, -0.2) is 36.7 Å². The Bertz CT molecular complexity index is 505. The number of halogens is 3. The number of urea groups is 1. The predicted molar refractivity (Wildman–Crippen MR) is 72.1 cm³/mol. The fraction of sp³-hybridized carbons (Fsp3) is 0.500. The first kappa shape index (κ1) is 15.6. The Balaban J connectivity index is 2.10. The minimum atomic E-state index is -4.50. The molecule has 1 N–H and O–H groups in total. The van der Waals surface area contributed by atoms with Gasteiger partial charge in [0.2, 0.25) is 0 Å². The number of amides is 2. The summed E-state index contributed by atoms with van der Waals surface area (Å²) in [5, 5.41) is 2.34. The van der Waals surface area contributed by atoms with E-state index in [1.165, 1.54) is 23.1 Å². The number of rotatable bonds is 2. The van der Waals surface area contributed by atoms with Crippen LogP contribution in [0.2, 0.25) is 0 Å². The smallest absolute Gasteiger partial charge is 0.375 e. The quantitative estimate of drug-likeness (QED) is 0.910. The van der Waals surface area contributed by atoms with Crippen LogP contribution in [-0.2, 0) is 10.9 Å². The molecule has 1 atom stereocenters. The number of nitrogens with one attached hydrogen (secondary N) is 1. The minimum Gasteiger partial charge on any atom is -0.375 e. The van der Waals surface area contributed by atoms with Crippen molar-refractivity contribution in [1.82, 2.24) is 4.90 Å². The Morgan fingerprint density at radius 1 is 1.43 bits per heavy atom. The highest BCUT2D eigenvalue weighted by Crippen LogP contribution is 2.34. The predicted octanol–water partition coefficient (Wildman–Crippen LogP) is 3.35. The van der Waals surface area contributed by atoms with Crippen LogP contribution in [0.25, 0.3) is 0 Å². The van der Waals surface area contributed by atoms with Crippen LogP contribution in [0, 0.1) is 0 Å². The number of morpholine rings is 1. The molecule has 0 spiro atoms. The topological polar surface area (TPSA) is 41.6 Å². The van der Waals surface area contributed by atoms with E-state index in [1.807, 2.05) is 6.92 Å². The van der Waals surface area contributed by atoms with Gasteiger partial charge >= 0.3 is 12.2 Å². The molecule has 0 saturated carbocycles. The van der Waals surface area contributed by atoms with Gasteiger partial charge in [0.15, 0.2) is 0 Å². The second-order valence-corrected chi connectivity index (χ2v) is 4.82. The number of nitrogens with zero attached hydrogens (tertiary/aromatic N) is 1. The summed E-state index contributed by atoms with van der Waals surface area (Å²) < 4.78 is 44.1. The standard InChI is InChI=1S/C14H17F3N2O2/c1-2-10-9-19(7-8-21-10)13(20)18-12-6-4-3-5-11(12)14(15,16)17/h3-6,10H,2,7-9H2,1H3,(H,18,20)/t10-/m0/s1. The summed E-state index contributed by atoms with van der Waals surface area (Å²) in [6.07, 6.45) is -3.81. The highest BCUT2D eigenvalue weighted by atomic mass is 19.4. The normalized spacial score (nSPS) is 19.4. The maximum atomic E-state index is 12.9. The van der Waals surface area contributed by atoms with Gasteiger partial charge in [-0.15, -0.1) is 0 Å². The molecule has 0 aromatic heterocycles. The van der Waals surface area contributed by atoms with E-state index < -0.39 is 17.8 Å². The van der Waals surface area contributed by atoms with Gasteiger partial charge in [-0.25, -0.2) is 4.79 Å². The zero-order valence-electron chi connectivity index (χ0n) is 11.6. The molecule has 1 saturated heterocycles. The first-order valence-electron chi connectivity index (χ1n) is 6.75. The summed E-state index contributed by atoms with van der Waals surface area (Å²) in [5.41, 5.74) is -1.08. The number of hydrogen-bond donors (Lipinski definition) is 1. The molecule has 1 aliphatic heterocycles. The summed E-state index contributed by atoms with van der Waals surface area (Å²) in [6.45, 7) is 3.09. The summed E-state index contributed by atoms with van der Waals surface area (Å²) in [6, 6.07) is 4.41. The van der Waals surface area contributed by atoms with Crippen LogP contribution in [0.1, 0.15) is 18.9 Å². The molecule has 1 aliphatic rings. The minimum absolute atomic E-state index is 0.0673. The lowest BCUT2D eigenvalue weighted by molar-refractivity contribution is -0.136. The van der Waals surface area contributed by atoms with Crippen molar-refractivity contribution in [2.75, 3.05) is 25.0 Å². The third kappa shape index (κ3) is 3.87. The fourth-order valence-corrected chi connectivity index (χ4v) is 2.18. The van der Waals surface area contributed by atoms with Crippen molar-refractivity contribution in [3.05, 3.63) is 29.8 Å². The zero-order valence-corrected chi connectivity index (χ0v) is 11.6. The maximum Gasteiger partial charge on any atom is 0.418 e. The molecule has 0 radical (unpaired) electrons. The van der Waals surface area contributed by atoms with Gasteiger partial charge in [-0.1, -0.05) is 19.1 Å². The van der Waals surface area contributed by atoms with Gasteiger partial charge < -0.3 is 15.0 Å². The Morgan fingerprint density at radius 2 is 2.14 bits per heavy atom. The van der Waals surface area contributed by atoms with E-state index in [2.05, 4.69) is 5.32 Å². The van der Waals surface area contributed by atoms with Crippen LogP contribution in [0.4, 0.5) is 23.7 Å². The second kappa shape index (κ2) is 6.34. The molecule has 0 bridgehead atoms. The molecule has 2 rings (SSSR count). The molecule has 1 heterocycles. The van der Waals surface area contributed by atoms with Crippen LogP contribution < -0.4 is 5.32 Å². The van der Waals surface area contributed by atoms with Gasteiger partial charge in [0.05, 0.1) is 24.0 Å². The third-order valence-corrected chi connectivity index (χ3v) is 3.36. The SMILES string of the molecule is CC[C@H]1CN(C(=O)Nc2ccccc2C(F)(F)F)CCO1. The van der Waals surface area contributed by atoms with Crippen molar-refractivity contribution in [1.29, 1.82) is 0 Å². The molecule has 1 aromatic carbocycles. The number of benzene rings is 1. The van der Waals surface area contributed by atoms with E-state index in [1.54, 1.807) is 0 Å². The average molecular weight is 302 g/mol. The largest absolute Gasteiger partial charge is 0.418 e. The average Bonchev–Trinajstić information content (AvgIpc) is 2.46. The Kier molecular flexibility index (Phi) is 4.72. The lowest BCUT2D eigenvalue weighted by atomic mass is 10.1. The number of hydrogen-bond acceptors (Lipinski definition) is 2. The molecule has 116 valence electrons. The van der Waals surface area contributed by atoms with Gasteiger partial charge in [-0.05, 0) is 18.6 Å². The Hall–Kier alpha value is -1.76. The second-order valence-electron chi connectivity index (χ2n) is 4.82. The number of ether oxygens (including phenoxy) is 1. The number of alkyl halides is 3. The van der Waals surface area contributed by atoms with Crippen molar-refractivity contribution in [2.45, 2.75) is 25.6 Å². The monoisotopic (exact) mass is 302 g/mol. The first-order valence-corrected chi connectivity index (χ1v) is 6.75. The number of carbonyl (C=O) groups excluding carboxylic acids is 1. The molecule has 0 unspecified atom stereocenters. The number of anilines is 1. The van der Waals surface area contributed by atoms with E-state index in [9.17, 15) is 18.0 Å². The van der Waals surface area contributed by atoms with Gasteiger partial charge in [0.25, 0.3) is 0 Å². The third-order valence-electron chi connectivity index (χ3n) is 3.36. The highest BCUT2D eigenvalue weighted by molar-refractivity contribution is 5.90. The number of carbonyl (C=O) groups is 1. The van der Waals surface area contributed by atoms with E-state index in [0.717, 1.165) is 12.5 Å². The van der Waals surface area contributed by atoms with Gasteiger partial charge in [0, 0.05) is 13.1 Å². The highest BCUT2D eigenvalue weighted by Gasteiger charge is 2.34. The van der Waals surface area contributed by atoms with Crippen molar-refractivity contribution in [3.63, 3.8) is 0 Å². The zero-order chi connectivity index (χ0) is 15.5. The Morgan fingerprint density at radius 3 is 2.81 bits per heavy atom. The summed E-state index contributed by atoms with van der Waals surface area (Å²) in [7, 11) is 0. The molecule has 4 nitrogen and oxygen atoms in total. The van der Waals surface area contributed by atoms with Gasteiger partial charge in [0.1, 0.15) is 0 Å². The summed E-state index contributed by atoms with van der Waals surface area (Å²) >= 11 is 0. The first-order chi connectivity index (χ1) is 9.91. The van der Waals surface area contributed by atoms with Crippen LogP contribution in [0.3, 0.4) is 0 Å². The molecule has 1 fully saturated rings. The molecule has 7 heteroatoms.